The number of halogens is 1. The molecule has 0 aromatic heterocycles. The third-order valence-electron chi connectivity index (χ3n) is 3.83. The van der Waals surface area contributed by atoms with E-state index in [1.54, 1.807) is 26.4 Å². The van der Waals surface area contributed by atoms with Crippen LogP contribution in [0.1, 0.15) is 37.0 Å². The third-order valence-corrected chi connectivity index (χ3v) is 4.61. The van der Waals surface area contributed by atoms with Crippen molar-refractivity contribution in [2.75, 3.05) is 20.8 Å². The second-order valence-corrected chi connectivity index (χ2v) is 5.63. The molecule has 0 radical (unpaired) electrons. The van der Waals surface area contributed by atoms with Crippen molar-refractivity contribution in [3.8, 4) is 11.5 Å². The third kappa shape index (κ3) is 3.89. The number of nitrogens with one attached hydrogen (secondary N) is 1. The van der Waals surface area contributed by atoms with E-state index in [-0.39, 0.29) is 11.4 Å². The van der Waals surface area contributed by atoms with Crippen LogP contribution in [0.5, 0.6) is 11.5 Å². The number of rotatable bonds is 7. The Labute approximate surface area is 134 Å². The minimum Gasteiger partial charge on any atom is -0.495 e. The molecule has 0 saturated carbocycles. The first-order chi connectivity index (χ1) is 9.96. The van der Waals surface area contributed by atoms with Gasteiger partial charge in [0.25, 0.3) is 5.91 Å². The summed E-state index contributed by atoms with van der Waals surface area (Å²) in [6.45, 7) is 4.43. The second-order valence-electron chi connectivity index (χ2n) is 4.84. The smallest absolute Gasteiger partial charge is 0.252 e. The standard InChI is InChI=1S/C15H23BrN2O3/c1-5-15(6-2,9-17)18-14(19)10-7-11(20-3)13(16)12(8-10)21-4/h7-8H,5-6,9,17H2,1-4H3,(H,18,19). The number of nitrogens with two attached hydrogens (primary N) is 1. The fraction of sp³-hybridized carbons (Fsp3) is 0.533. The molecule has 1 aromatic rings. The van der Waals surface area contributed by atoms with Gasteiger partial charge in [-0.1, -0.05) is 13.8 Å². The number of amides is 1. The van der Waals surface area contributed by atoms with E-state index in [2.05, 4.69) is 21.2 Å². The largest absolute Gasteiger partial charge is 0.495 e. The number of ether oxygens (including phenoxy) is 2. The quantitative estimate of drug-likeness (QED) is 0.785. The Morgan fingerprint density at radius 2 is 1.71 bits per heavy atom. The molecule has 21 heavy (non-hydrogen) atoms. The first-order valence-corrected chi connectivity index (χ1v) is 7.70. The lowest BCUT2D eigenvalue weighted by molar-refractivity contribution is 0.0894. The van der Waals surface area contributed by atoms with Gasteiger partial charge in [0, 0.05) is 12.1 Å². The number of carbonyl (C=O) groups is 1. The van der Waals surface area contributed by atoms with Crippen LogP contribution in [-0.2, 0) is 0 Å². The lowest BCUT2D eigenvalue weighted by atomic mass is 9.92. The molecule has 0 bridgehead atoms. The Morgan fingerprint density at radius 3 is 2.05 bits per heavy atom. The Bertz CT molecular complexity index is 468. The highest BCUT2D eigenvalue weighted by Crippen LogP contribution is 2.35. The maximum atomic E-state index is 12.5. The summed E-state index contributed by atoms with van der Waals surface area (Å²) in [5.74, 6) is 0.907. The maximum Gasteiger partial charge on any atom is 0.252 e. The highest BCUT2D eigenvalue weighted by atomic mass is 79.9. The molecule has 0 aliphatic heterocycles. The average molecular weight is 359 g/mol. The van der Waals surface area contributed by atoms with Crippen molar-refractivity contribution < 1.29 is 14.3 Å². The van der Waals surface area contributed by atoms with E-state index in [1.807, 2.05) is 13.8 Å². The summed E-state index contributed by atoms with van der Waals surface area (Å²) >= 11 is 3.39. The van der Waals surface area contributed by atoms with Crippen molar-refractivity contribution in [1.29, 1.82) is 0 Å². The number of benzene rings is 1. The van der Waals surface area contributed by atoms with E-state index in [0.717, 1.165) is 12.8 Å². The molecular weight excluding hydrogens is 336 g/mol. The van der Waals surface area contributed by atoms with Crippen LogP contribution in [0.15, 0.2) is 16.6 Å². The monoisotopic (exact) mass is 358 g/mol. The van der Waals surface area contributed by atoms with Crippen LogP contribution in [0.4, 0.5) is 0 Å². The second kappa shape index (κ2) is 7.66. The van der Waals surface area contributed by atoms with Gasteiger partial charge in [0.2, 0.25) is 0 Å². The Kier molecular flexibility index (Phi) is 6.48. The van der Waals surface area contributed by atoms with Gasteiger partial charge in [-0.2, -0.15) is 0 Å². The predicted molar refractivity (Wildman–Crippen MR) is 87.1 cm³/mol. The highest BCUT2D eigenvalue weighted by Gasteiger charge is 2.27. The molecule has 0 fully saturated rings. The van der Waals surface area contributed by atoms with Crippen molar-refractivity contribution in [3.63, 3.8) is 0 Å². The summed E-state index contributed by atoms with van der Waals surface area (Å²) in [6, 6.07) is 3.35. The van der Waals surface area contributed by atoms with Crippen LogP contribution in [0.25, 0.3) is 0 Å². The summed E-state index contributed by atoms with van der Waals surface area (Å²) in [4.78, 5) is 12.5. The van der Waals surface area contributed by atoms with E-state index >= 15 is 0 Å². The van der Waals surface area contributed by atoms with E-state index in [9.17, 15) is 4.79 Å². The van der Waals surface area contributed by atoms with Crippen molar-refractivity contribution in [3.05, 3.63) is 22.2 Å². The van der Waals surface area contributed by atoms with Gasteiger partial charge in [0.15, 0.2) is 0 Å². The lowest BCUT2D eigenvalue weighted by Crippen LogP contribution is -2.52. The molecule has 118 valence electrons. The zero-order valence-corrected chi connectivity index (χ0v) is 14.5. The number of hydrogen-bond acceptors (Lipinski definition) is 4. The molecule has 0 spiro atoms. The van der Waals surface area contributed by atoms with Gasteiger partial charge in [-0.25, -0.2) is 0 Å². The summed E-state index contributed by atoms with van der Waals surface area (Å²) in [5, 5.41) is 3.03. The molecule has 0 aliphatic carbocycles. The molecule has 1 amide bonds. The average Bonchev–Trinajstić information content (AvgIpc) is 2.52. The zero-order valence-electron chi connectivity index (χ0n) is 13.0. The maximum absolute atomic E-state index is 12.5. The van der Waals surface area contributed by atoms with Crippen molar-refractivity contribution in [1.82, 2.24) is 5.32 Å². The summed E-state index contributed by atoms with van der Waals surface area (Å²) in [7, 11) is 3.09. The first-order valence-electron chi connectivity index (χ1n) is 6.91. The van der Waals surface area contributed by atoms with Gasteiger partial charge in [0.1, 0.15) is 16.0 Å². The van der Waals surface area contributed by atoms with Crippen molar-refractivity contribution in [2.24, 2.45) is 5.73 Å². The van der Waals surface area contributed by atoms with Gasteiger partial charge in [0.05, 0.1) is 19.8 Å². The molecule has 0 atom stereocenters. The van der Waals surface area contributed by atoms with E-state index in [0.29, 0.717) is 28.1 Å². The van der Waals surface area contributed by atoms with E-state index in [4.69, 9.17) is 15.2 Å². The van der Waals surface area contributed by atoms with Crippen molar-refractivity contribution in [2.45, 2.75) is 32.2 Å². The minimum absolute atomic E-state index is 0.187. The van der Waals surface area contributed by atoms with Gasteiger partial charge < -0.3 is 20.5 Å². The topological polar surface area (TPSA) is 73.6 Å². The molecule has 3 N–H and O–H groups in total. The van der Waals surface area contributed by atoms with Crippen molar-refractivity contribution >= 4 is 21.8 Å². The molecule has 6 heteroatoms. The summed E-state index contributed by atoms with van der Waals surface area (Å²) in [6.07, 6.45) is 1.55. The van der Waals surface area contributed by atoms with Crippen LogP contribution in [0, 0.1) is 0 Å². The molecule has 1 aromatic carbocycles. The van der Waals surface area contributed by atoms with Crippen LogP contribution in [0.3, 0.4) is 0 Å². The fourth-order valence-electron chi connectivity index (χ4n) is 2.08. The SMILES string of the molecule is CCC(CC)(CN)NC(=O)c1cc(OC)c(Br)c(OC)c1. The van der Waals surface area contributed by atoms with Crippen LogP contribution in [-0.4, -0.2) is 32.2 Å². The molecular formula is C15H23BrN2O3. The Balaban J connectivity index is 3.13. The van der Waals surface area contributed by atoms with Gasteiger partial charge >= 0.3 is 0 Å². The zero-order chi connectivity index (χ0) is 16.0. The van der Waals surface area contributed by atoms with Crippen LogP contribution < -0.4 is 20.5 Å². The van der Waals surface area contributed by atoms with Gasteiger partial charge in [-0.15, -0.1) is 0 Å². The lowest BCUT2D eigenvalue weighted by Gasteiger charge is -2.31. The molecule has 0 unspecified atom stereocenters. The number of hydrogen-bond donors (Lipinski definition) is 2. The van der Waals surface area contributed by atoms with Gasteiger partial charge in [-0.3, -0.25) is 4.79 Å². The molecule has 0 aliphatic rings. The normalized spacial score (nSPS) is 11.1. The number of carbonyl (C=O) groups excluding carboxylic acids is 1. The first kappa shape index (κ1) is 17.8. The Morgan fingerprint density at radius 1 is 1.24 bits per heavy atom. The van der Waals surface area contributed by atoms with Gasteiger partial charge in [-0.05, 0) is 40.9 Å². The summed E-state index contributed by atoms with van der Waals surface area (Å²) in [5.41, 5.74) is 5.91. The van der Waals surface area contributed by atoms with Crippen LogP contribution in [0.2, 0.25) is 0 Å². The van der Waals surface area contributed by atoms with E-state index in [1.165, 1.54) is 0 Å². The fourth-order valence-corrected chi connectivity index (χ4v) is 2.63. The van der Waals surface area contributed by atoms with Crippen LogP contribution >= 0.6 is 15.9 Å². The Hall–Kier alpha value is -1.27. The highest BCUT2D eigenvalue weighted by molar-refractivity contribution is 9.10. The molecule has 0 heterocycles. The molecule has 1 rings (SSSR count). The summed E-state index contributed by atoms with van der Waals surface area (Å²) < 4.78 is 11.2. The molecule has 0 saturated heterocycles. The molecule has 5 nitrogen and oxygen atoms in total. The minimum atomic E-state index is -0.384. The number of methoxy groups -OCH3 is 2. The predicted octanol–water partition coefficient (Wildman–Crippen LogP) is 2.71. The van der Waals surface area contributed by atoms with E-state index < -0.39 is 0 Å².